The van der Waals surface area contributed by atoms with Crippen LogP contribution in [0.2, 0.25) is 0 Å². The van der Waals surface area contributed by atoms with Gasteiger partial charge in [0, 0.05) is 53.0 Å². The van der Waals surface area contributed by atoms with Crippen molar-refractivity contribution in [1.82, 2.24) is 15.1 Å². The van der Waals surface area contributed by atoms with Gasteiger partial charge in [-0.3, -0.25) is 4.99 Å². The summed E-state index contributed by atoms with van der Waals surface area (Å²) in [5, 5.41) is 3.43. The molecular formula is C22H42N4O4. The predicted molar refractivity (Wildman–Crippen MR) is 119 cm³/mol. The van der Waals surface area contributed by atoms with Gasteiger partial charge in [0.1, 0.15) is 5.60 Å². The number of methoxy groups -OCH3 is 1. The number of hydrogen-bond donors (Lipinski definition) is 1. The van der Waals surface area contributed by atoms with E-state index in [1.807, 2.05) is 32.7 Å². The number of piperidine rings is 1. The fraction of sp³-hybridized carbons (Fsp3) is 0.909. The van der Waals surface area contributed by atoms with E-state index in [1.54, 1.807) is 7.11 Å². The van der Waals surface area contributed by atoms with E-state index in [0.29, 0.717) is 25.7 Å². The molecule has 0 spiro atoms. The molecule has 1 N–H and O–H groups in total. The van der Waals surface area contributed by atoms with Crippen molar-refractivity contribution < 1.29 is 19.0 Å². The van der Waals surface area contributed by atoms with Crippen molar-refractivity contribution in [1.29, 1.82) is 0 Å². The Labute approximate surface area is 182 Å². The van der Waals surface area contributed by atoms with Crippen molar-refractivity contribution in [3.8, 4) is 0 Å². The summed E-state index contributed by atoms with van der Waals surface area (Å²) in [4.78, 5) is 21.5. The average molecular weight is 427 g/mol. The van der Waals surface area contributed by atoms with Gasteiger partial charge in [0.05, 0.1) is 13.2 Å². The van der Waals surface area contributed by atoms with Gasteiger partial charge in [0.25, 0.3) is 0 Å². The Morgan fingerprint density at radius 2 is 1.83 bits per heavy atom. The Hall–Kier alpha value is -1.54. The van der Waals surface area contributed by atoms with E-state index >= 15 is 0 Å². The van der Waals surface area contributed by atoms with Gasteiger partial charge in [0.2, 0.25) is 0 Å². The molecule has 8 nitrogen and oxygen atoms in total. The zero-order valence-electron chi connectivity index (χ0n) is 19.6. The van der Waals surface area contributed by atoms with Crippen LogP contribution in [0.4, 0.5) is 4.79 Å². The van der Waals surface area contributed by atoms with Gasteiger partial charge in [-0.05, 0) is 58.8 Å². The summed E-state index contributed by atoms with van der Waals surface area (Å²) < 4.78 is 16.2. The Balaban J connectivity index is 1.77. The molecule has 8 heteroatoms. The van der Waals surface area contributed by atoms with Crippen molar-refractivity contribution in [3.63, 3.8) is 0 Å². The van der Waals surface area contributed by atoms with Gasteiger partial charge in [-0.15, -0.1) is 0 Å². The highest BCUT2D eigenvalue weighted by atomic mass is 16.6. The zero-order valence-corrected chi connectivity index (χ0v) is 19.6. The van der Waals surface area contributed by atoms with Crippen LogP contribution in [-0.2, 0) is 14.2 Å². The number of aliphatic imine (C=N–C) groups is 1. The number of nitrogens with zero attached hydrogens (tertiary/aromatic N) is 3. The van der Waals surface area contributed by atoms with Crippen LogP contribution >= 0.6 is 0 Å². The molecule has 1 saturated heterocycles. The van der Waals surface area contributed by atoms with E-state index < -0.39 is 5.60 Å². The van der Waals surface area contributed by atoms with Crippen LogP contribution in [0.15, 0.2) is 4.99 Å². The molecule has 0 bridgehead atoms. The van der Waals surface area contributed by atoms with Crippen molar-refractivity contribution in [2.45, 2.75) is 64.5 Å². The highest BCUT2D eigenvalue weighted by Gasteiger charge is 2.35. The normalized spacial score (nSPS) is 18.4. The number of carbonyl (C=O) groups is 1. The molecule has 0 atom stereocenters. The lowest BCUT2D eigenvalue weighted by Gasteiger charge is -2.40. The summed E-state index contributed by atoms with van der Waals surface area (Å²) in [6, 6.07) is 0.240. The monoisotopic (exact) mass is 426 g/mol. The lowest BCUT2D eigenvalue weighted by molar-refractivity contribution is 0.00928. The molecule has 2 fully saturated rings. The van der Waals surface area contributed by atoms with E-state index in [9.17, 15) is 4.79 Å². The minimum Gasteiger partial charge on any atom is -0.444 e. The van der Waals surface area contributed by atoms with Crippen molar-refractivity contribution in [2.75, 3.05) is 60.2 Å². The van der Waals surface area contributed by atoms with E-state index in [4.69, 9.17) is 14.2 Å². The van der Waals surface area contributed by atoms with Gasteiger partial charge in [-0.25, -0.2) is 4.79 Å². The van der Waals surface area contributed by atoms with Crippen LogP contribution < -0.4 is 5.32 Å². The van der Waals surface area contributed by atoms with Gasteiger partial charge in [-0.2, -0.15) is 0 Å². The third-order valence-electron chi connectivity index (χ3n) is 5.38. The van der Waals surface area contributed by atoms with Crippen LogP contribution in [0.5, 0.6) is 0 Å². The van der Waals surface area contributed by atoms with E-state index in [0.717, 1.165) is 51.4 Å². The minimum absolute atomic E-state index is 0.163. The lowest BCUT2D eigenvalue weighted by atomic mass is 10.0. The maximum absolute atomic E-state index is 12.8. The molecule has 1 aliphatic heterocycles. The molecule has 1 amide bonds. The highest BCUT2D eigenvalue weighted by molar-refractivity contribution is 5.80. The summed E-state index contributed by atoms with van der Waals surface area (Å²) in [6.07, 6.45) is 5.09. The summed E-state index contributed by atoms with van der Waals surface area (Å²) in [7, 11) is 3.50. The zero-order chi connectivity index (χ0) is 22.0. The maximum atomic E-state index is 12.8. The van der Waals surface area contributed by atoms with Crippen LogP contribution in [0.25, 0.3) is 0 Å². The molecule has 1 heterocycles. The molecule has 0 aromatic rings. The fourth-order valence-corrected chi connectivity index (χ4v) is 3.61. The quantitative estimate of drug-likeness (QED) is 0.329. The van der Waals surface area contributed by atoms with Crippen LogP contribution in [0.3, 0.4) is 0 Å². The molecule has 0 aromatic heterocycles. The van der Waals surface area contributed by atoms with Crippen LogP contribution in [-0.4, -0.2) is 93.7 Å². The van der Waals surface area contributed by atoms with Crippen molar-refractivity contribution in [3.05, 3.63) is 0 Å². The summed E-state index contributed by atoms with van der Waals surface area (Å²) >= 11 is 0. The lowest BCUT2D eigenvalue weighted by Crippen LogP contribution is -2.52. The highest BCUT2D eigenvalue weighted by Crippen LogP contribution is 2.32. The second-order valence-electron chi connectivity index (χ2n) is 9.23. The first-order valence-electron chi connectivity index (χ1n) is 11.4. The molecule has 0 aromatic carbocycles. The number of amides is 1. The SMILES string of the molecule is CN=C(NCCCOCCOC)N1CCC(N(CC2CC2)C(=O)OC(C)(C)C)CC1. The largest absolute Gasteiger partial charge is 0.444 e. The Bertz CT molecular complexity index is 538. The standard InChI is InChI=1S/C22H42N4O4/c1-22(2,3)30-21(27)26(17-18-7-8-18)19-9-12-25(13-10-19)20(23-4)24-11-6-14-29-16-15-28-5/h18-19H,6-17H2,1-5H3,(H,23,24). The Morgan fingerprint density at radius 1 is 1.13 bits per heavy atom. The number of ether oxygens (including phenoxy) is 3. The van der Waals surface area contributed by atoms with E-state index in [2.05, 4.69) is 15.2 Å². The molecule has 174 valence electrons. The second-order valence-corrected chi connectivity index (χ2v) is 9.23. The van der Waals surface area contributed by atoms with Crippen molar-refractivity contribution in [2.24, 2.45) is 10.9 Å². The molecule has 30 heavy (non-hydrogen) atoms. The fourth-order valence-electron chi connectivity index (χ4n) is 3.61. The summed E-state index contributed by atoms with van der Waals surface area (Å²) in [6.45, 7) is 11.2. The molecule has 2 rings (SSSR count). The summed E-state index contributed by atoms with van der Waals surface area (Å²) in [5.74, 6) is 1.58. The molecule has 0 unspecified atom stereocenters. The molecule has 2 aliphatic rings. The Kier molecular flexibility index (Phi) is 10.2. The number of rotatable bonds is 10. The smallest absolute Gasteiger partial charge is 0.410 e. The first-order chi connectivity index (χ1) is 14.3. The predicted octanol–water partition coefficient (Wildman–Crippen LogP) is 2.73. The second kappa shape index (κ2) is 12.3. The first kappa shape index (κ1) is 24.7. The Morgan fingerprint density at radius 3 is 2.40 bits per heavy atom. The molecule has 1 aliphatic carbocycles. The third kappa shape index (κ3) is 9.08. The third-order valence-corrected chi connectivity index (χ3v) is 5.38. The molecular weight excluding hydrogens is 384 g/mol. The maximum Gasteiger partial charge on any atom is 0.410 e. The van der Waals surface area contributed by atoms with Crippen molar-refractivity contribution >= 4 is 12.1 Å². The first-order valence-corrected chi connectivity index (χ1v) is 11.4. The molecule has 0 radical (unpaired) electrons. The number of carbonyl (C=O) groups excluding carboxylic acids is 1. The van der Waals surface area contributed by atoms with Gasteiger partial charge in [-0.1, -0.05) is 0 Å². The number of guanidine groups is 1. The number of likely N-dealkylation sites (tertiary alicyclic amines) is 1. The molecule has 1 saturated carbocycles. The average Bonchev–Trinajstić information content (AvgIpc) is 3.51. The van der Waals surface area contributed by atoms with E-state index in [-0.39, 0.29) is 12.1 Å². The minimum atomic E-state index is -0.460. The summed E-state index contributed by atoms with van der Waals surface area (Å²) in [5.41, 5.74) is -0.460. The topological polar surface area (TPSA) is 75.6 Å². The van der Waals surface area contributed by atoms with E-state index in [1.165, 1.54) is 12.8 Å². The van der Waals surface area contributed by atoms with Crippen LogP contribution in [0, 0.1) is 5.92 Å². The van der Waals surface area contributed by atoms with Gasteiger partial charge in [0.15, 0.2) is 5.96 Å². The number of hydrogen-bond acceptors (Lipinski definition) is 5. The van der Waals surface area contributed by atoms with Crippen LogP contribution in [0.1, 0.15) is 52.9 Å². The van der Waals surface area contributed by atoms with Gasteiger partial charge >= 0.3 is 6.09 Å². The van der Waals surface area contributed by atoms with Gasteiger partial charge < -0.3 is 29.3 Å². The number of nitrogens with one attached hydrogen (secondary N) is 1.